The summed E-state index contributed by atoms with van der Waals surface area (Å²) in [5.41, 5.74) is -1.65. The minimum Gasteiger partial charge on any atom is -0.438 e. The second kappa shape index (κ2) is 10.4. The van der Waals surface area contributed by atoms with Gasteiger partial charge in [-0.25, -0.2) is 23.4 Å². The van der Waals surface area contributed by atoms with Crippen LogP contribution in [-0.4, -0.2) is 93.1 Å². The number of carbonyl (C=O) groups excluding carboxylic acids is 3. The molecule has 5 rings (SSSR count). The number of ether oxygens (including phenoxy) is 1. The molecule has 3 heterocycles. The first-order chi connectivity index (χ1) is 18.2. The minimum atomic E-state index is -3.21. The molecule has 3 saturated heterocycles. The number of hydroxylamine groups is 2. The highest BCUT2D eigenvalue weighted by Gasteiger charge is 2.64. The van der Waals surface area contributed by atoms with Gasteiger partial charge < -0.3 is 25.6 Å². The first-order valence-electron chi connectivity index (χ1n) is 12.4. The first-order valence-corrected chi connectivity index (χ1v) is 12.4. The van der Waals surface area contributed by atoms with E-state index in [1.165, 1.54) is 4.90 Å². The molecule has 1 saturated carbocycles. The molecular weight excluding hydrogens is 516 g/mol. The normalized spacial score (nSPS) is 26.0. The molecule has 1 aromatic carbocycles. The molecule has 0 aromatic heterocycles. The van der Waals surface area contributed by atoms with Crippen LogP contribution in [0.1, 0.15) is 19.3 Å². The Balaban J connectivity index is 1.22. The van der Waals surface area contributed by atoms with Gasteiger partial charge in [-0.2, -0.15) is 8.78 Å². The first kappa shape index (κ1) is 26.3. The predicted molar refractivity (Wildman–Crippen MR) is 125 cm³/mol. The fraction of sp³-hybridized carbons (Fsp3) is 0.609. The van der Waals surface area contributed by atoms with Gasteiger partial charge in [0.05, 0.1) is 31.4 Å². The van der Waals surface area contributed by atoms with Crippen molar-refractivity contribution in [2.75, 3.05) is 55.7 Å². The third-order valence-corrected chi connectivity index (χ3v) is 7.18. The van der Waals surface area contributed by atoms with Gasteiger partial charge in [0.2, 0.25) is 0 Å². The number of urea groups is 1. The second-order valence-electron chi connectivity index (χ2n) is 9.74. The van der Waals surface area contributed by atoms with Gasteiger partial charge in [0.25, 0.3) is 5.91 Å². The van der Waals surface area contributed by atoms with Gasteiger partial charge in [0.15, 0.2) is 17.2 Å². The molecule has 1 spiro atoms. The topological polar surface area (TPSA) is 115 Å². The average molecular weight is 545 g/mol. The van der Waals surface area contributed by atoms with Crippen LogP contribution >= 0.6 is 0 Å². The van der Waals surface area contributed by atoms with E-state index in [2.05, 4.69) is 16.0 Å². The molecule has 38 heavy (non-hydrogen) atoms. The summed E-state index contributed by atoms with van der Waals surface area (Å²) < 4.78 is 60.7. The number of amides is 4. The van der Waals surface area contributed by atoms with E-state index in [4.69, 9.17) is 9.57 Å². The summed E-state index contributed by atoms with van der Waals surface area (Å²) in [4.78, 5) is 44.2. The number of anilines is 2. The zero-order valence-corrected chi connectivity index (χ0v) is 20.4. The predicted octanol–water partition coefficient (Wildman–Crippen LogP) is 1.33. The van der Waals surface area contributed by atoms with Crippen LogP contribution in [0.3, 0.4) is 0 Å². The maximum absolute atomic E-state index is 15.2. The van der Waals surface area contributed by atoms with Gasteiger partial charge >= 0.3 is 18.5 Å². The monoisotopic (exact) mass is 544 g/mol. The number of alkyl halides is 2. The number of rotatable bonds is 5. The van der Waals surface area contributed by atoms with Crippen molar-refractivity contribution in [3.63, 3.8) is 0 Å². The quantitative estimate of drug-likeness (QED) is 0.479. The van der Waals surface area contributed by atoms with Crippen LogP contribution in [0.25, 0.3) is 0 Å². The van der Waals surface area contributed by atoms with Crippen LogP contribution in [0.5, 0.6) is 0 Å². The van der Waals surface area contributed by atoms with E-state index in [0.29, 0.717) is 0 Å². The third-order valence-electron chi connectivity index (χ3n) is 7.18. The van der Waals surface area contributed by atoms with Crippen LogP contribution in [0.15, 0.2) is 12.1 Å². The van der Waals surface area contributed by atoms with Crippen molar-refractivity contribution in [3.8, 4) is 0 Å². The average Bonchev–Trinajstić information content (AvgIpc) is 3.50. The van der Waals surface area contributed by atoms with E-state index in [0.717, 1.165) is 48.0 Å². The Kier molecular flexibility index (Phi) is 7.22. The molecule has 0 radical (unpaired) electrons. The smallest absolute Gasteiger partial charge is 0.415 e. The lowest BCUT2D eigenvalue weighted by Crippen LogP contribution is -2.49. The van der Waals surface area contributed by atoms with Crippen LogP contribution in [0.4, 0.5) is 38.5 Å². The number of halogens is 4. The number of hydrogen-bond acceptors (Lipinski definition) is 7. The lowest BCUT2D eigenvalue weighted by molar-refractivity contribution is -0.132. The zero-order valence-electron chi connectivity index (χ0n) is 20.4. The Labute approximate surface area is 215 Å². The fourth-order valence-electron chi connectivity index (χ4n) is 5.04. The van der Waals surface area contributed by atoms with Crippen molar-refractivity contribution in [1.82, 2.24) is 21.0 Å². The largest absolute Gasteiger partial charge is 0.438 e. The van der Waals surface area contributed by atoms with Crippen molar-refractivity contribution in [2.24, 2.45) is 0 Å². The SMILES string of the molecule is O=C(NC1CC12CN(c1cc(F)c(N3CCON(C(=O)NC4CCNCC4)CC3)c(F)c1)C(=O)O2)C(F)F. The van der Waals surface area contributed by atoms with Gasteiger partial charge in [-0.1, -0.05) is 0 Å². The number of benzene rings is 1. The van der Waals surface area contributed by atoms with E-state index < -0.39 is 47.7 Å². The highest BCUT2D eigenvalue weighted by molar-refractivity contribution is 5.92. The summed E-state index contributed by atoms with van der Waals surface area (Å²) in [5.74, 6) is -3.34. The lowest BCUT2D eigenvalue weighted by atomic mass is 10.1. The molecule has 4 fully saturated rings. The molecule has 1 aliphatic carbocycles. The number of carbonyl (C=O) groups is 3. The fourth-order valence-corrected chi connectivity index (χ4v) is 5.04. The summed E-state index contributed by atoms with van der Waals surface area (Å²) in [6.45, 7) is 1.77. The zero-order chi connectivity index (χ0) is 27.0. The van der Waals surface area contributed by atoms with Crippen molar-refractivity contribution >= 4 is 29.4 Å². The van der Waals surface area contributed by atoms with Gasteiger partial charge in [0.1, 0.15) is 5.69 Å². The van der Waals surface area contributed by atoms with Crippen LogP contribution in [-0.2, 0) is 14.4 Å². The highest BCUT2D eigenvalue weighted by Crippen LogP contribution is 2.46. The molecule has 4 amide bonds. The molecule has 2 atom stereocenters. The Morgan fingerprint density at radius 1 is 1.08 bits per heavy atom. The molecular formula is C23H28F4N6O5. The highest BCUT2D eigenvalue weighted by atomic mass is 19.3. The van der Waals surface area contributed by atoms with Crippen LogP contribution < -0.4 is 25.8 Å². The summed E-state index contributed by atoms with van der Waals surface area (Å²) >= 11 is 0. The molecule has 11 nitrogen and oxygen atoms in total. The number of nitrogens with one attached hydrogen (secondary N) is 3. The number of hydrogen-bond donors (Lipinski definition) is 3. The number of nitrogens with zero attached hydrogens (tertiary/aromatic N) is 3. The van der Waals surface area contributed by atoms with Crippen molar-refractivity contribution in [2.45, 2.75) is 43.4 Å². The van der Waals surface area contributed by atoms with E-state index in [9.17, 15) is 23.2 Å². The maximum atomic E-state index is 15.2. The van der Waals surface area contributed by atoms with Gasteiger partial charge in [-0.3, -0.25) is 14.5 Å². The molecule has 3 N–H and O–H groups in total. The molecule has 3 aliphatic heterocycles. The van der Waals surface area contributed by atoms with E-state index in [1.807, 2.05) is 0 Å². The summed E-state index contributed by atoms with van der Waals surface area (Å²) in [5, 5.41) is 9.38. The van der Waals surface area contributed by atoms with Gasteiger partial charge in [-0.15, -0.1) is 0 Å². The standard InChI is InChI=1S/C23H28F4N6O5/c24-15-9-14(32-12-23(38-22(32)36)11-17(23)30-20(34)19(26)27)10-16(25)18(15)31-5-6-33(37-8-7-31)21(35)29-13-1-3-28-4-2-13/h9-10,13,17,19,28H,1-8,11-12H2,(H,29,35)(H,30,34). The van der Waals surface area contributed by atoms with Crippen molar-refractivity contribution < 1.29 is 41.5 Å². The number of piperidine rings is 1. The summed E-state index contributed by atoms with van der Waals surface area (Å²) in [7, 11) is 0. The molecule has 2 unspecified atom stereocenters. The molecule has 1 aromatic rings. The lowest BCUT2D eigenvalue weighted by Gasteiger charge is -2.27. The van der Waals surface area contributed by atoms with Crippen molar-refractivity contribution in [1.29, 1.82) is 0 Å². The Morgan fingerprint density at radius 3 is 2.47 bits per heavy atom. The Hall–Kier alpha value is -3.33. The second-order valence-corrected chi connectivity index (χ2v) is 9.74. The van der Waals surface area contributed by atoms with E-state index in [1.54, 1.807) is 0 Å². The summed E-state index contributed by atoms with van der Waals surface area (Å²) in [6, 6.07) is 0.790. The van der Waals surface area contributed by atoms with Crippen LogP contribution in [0.2, 0.25) is 0 Å². The van der Waals surface area contributed by atoms with Crippen molar-refractivity contribution in [3.05, 3.63) is 23.8 Å². The molecule has 208 valence electrons. The Morgan fingerprint density at radius 2 is 1.79 bits per heavy atom. The maximum Gasteiger partial charge on any atom is 0.415 e. The molecule has 4 aliphatic rings. The van der Waals surface area contributed by atoms with E-state index in [-0.39, 0.29) is 56.6 Å². The van der Waals surface area contributed by atoms with Crippen LogP contribution in [0, 0.1) is 11.6 Å². The molecule has 0 bridgehead atoms. The Bertz CT molecular complexity index is 1080. The molecule has 15 heteroatoms. The van der Waals surface area contributed by atoms with Gasteiger partial charge in [-0.05, 0) is 25.9 Å². The third kappa shape index (κ3) is 5.29. The summed E-state index contributed by atoms with van der Waals surface area (Å²) in [6.07, 6.45) is -2.40. The van der Waals surface area contributed by atoms with Gasteiger partial charge in [0, 0.05) is 37.7 Å². The van der Waals surface area contributed by atoms with E-state index >= 15 is 8.78 Å². The minimum absolute atomic E-state index is 0.0208.